The fourth-order valence-corrected chi connectivity index (χ4v) is 9.71. The second-order valence-corrected chi connectivity index (χ2v) is 21.4. The molecule has 408 valence electrons. The number of aliphatic hydroxyl groups is 4. The number of carbonyl (C=O) groups is 1. The molecule has 6 nitrogen and oxygen atoms in total. The molecule has 4 unspecified atom stereocenters. The topological polar surface area (TPSA) is 110 Å². The van der Waals surface area contributed by atoms with E-state index in [4.69, 9.17) is 0 Å². The Kier molecular flexibility index (Phi) is 56.2. The van der Waals surface area contributed by atoms with Gasteiger partial charge < -0.3 is 25.7 Å². The van der Waals surface area contributed by atoms with E-state index in [1.54, 1.807) is 0 Å². The van der Waals surface area contributed by atoms with E-state index in [9.17, 15) is 25.2 Å². The first kappa shape index (κ1) is 67.5. The molecule has 69 heavy (non-hydrogen) atoms. The van der Waals surface area contributed by atoms with Gasteiger partial charge in [-0.2, -0.15) is 0 Å². The first-order valence-electron chi connectivity index (χ1n) is 30.9. The summed E-state index contributed by atoms with van der Waals surface area (Å²) in [6, 6.07) is -1.01. The van der Waals surface area contributed by atoms with E-state index in [2.05, 4.69) is 55.6 Å². The first-order chi connectivity index (χ1) is 34.0. The van der Waals surface area contributed by atoms with E-state index in [0.717, 1.165) is 44.9 Å². The van der Waals surface area contributed by atoms with Crippen LogP contribution in [0.4, 0.5) is 0 Å². The largest absolute Gasteiger partial charge is 0.394 e. The van der Waals surface area contributed by atoms with Crippen molar-refractivity contribution in [1.82, 2.24) is 5.32 Å². The zero-order valence-corrected chi connectivity index (χ0v) is 46.3. The highest BCUT2D eigenvalue weighted by atomic mass is 16.3. The number of nitrogens with one attached hydrogen (secondary N) is 1. The van der Waals surface area contributed by atoms with Gasteiger partial charge >= 0.3 is 0 Å². The Morgan fingerprint density at radius 2 is 0.609 bits per heavy atom. The zero-order chi connectivity index (χ0) is 50.2. The highest BCUT2D eigenvalue weighted by molar-refractivity contribution is 5.80. The highest BCUT2D eigenvalue weighted by Gasteiger charge is 2.28. The van der Waals surface area contributed by atoms with Crippen molar-refractivity contribution in [3.8, 4) is 0 Å². The fourth-order valence-electron chi connectivity index (χ4n) is 9.71. The predicted octanol–water partition coefficient (Wildman–Crippen LogP) is 18.4. The van der Waals surface area contributed by atoms with Crippen LogP contribution >= 0.6 is 0 Å². The number of rotatable bonds is 57. The van der Waals surface area contributed by atoms with Crippen LogP contribution in [0.1, 0.15) is 328 Å². The Hall–Kier alpha value is -1.47. The minimum absolute atomic E-state index is 0.353. The van der Waals surface area contributed by atoms with Gasteiger partial charge in [-0.15, -0.1) is 0 Å². The Bertz CT molecular complexity index is 1090. The molecule has 0 heterocycles. The van der Waals surface area contributed by atoms with Gasteiger partial charge in [-0.25, -0.2) is 0 Å². The van der Waals surface area contributed by atoms with Crippen LogP contribution in [0, 0.1) is 0 Å². The minimum atomic E-state index is -1.29. The Labute approximate surface area is 430 Å². The monoisotopic (exact) mass is 972 g/mol. The van der Waals surface area contributed by atoms with Gasteiger partial charge in [0.05, 0.1) is 18.8 Å². The molecule has 0 saturated carbocycles. The normalized spacial score (nSPS) is 13.9. The molecule has 0 spiro atoms. The summed E-state index contributed by atoms with van der Waals surface area (Å²) in [5, 5.41) is 44.0. The number of hydrogen-bond acceptors (Lipinski definition) is 5. The van der Waals surface area contributed by atoms with Gasteiger partial charge in [0.1, 0.15) is 12.2 Å². The lowest BCUT2D eigenvalue weighted by atomic mass is 10.00. The second kappa shape index (κ2) is 57.4. The summed E-state index contributed by atoms with van der Waals surface area (Å²) in [6.07, 6.45) is 72.4. The summed E-state index contributed by atoms with van der Waals surface area (Å²) >= 11 is 0. The van der Waals surface area contributed by atoms with Crippen LogP contribution in [0.3, 0.4) is 0 Å². The third-order valence-corrected chi connectivity index (χ3v) is 14.6. The van der Waals surface area contributed by atoms with Crippen molar-refractivity contribution in [2.75, 3.05) is 6.61 Å². The molecule has 0 radical (unpaired) electrons. The summed E-state index contributed by atoms with van der Waals surface area (Å²) in [6.45, 7) is 4.08. The highest BCUT2D eigenvalue weighted by Crippen LogP contribution is 2.18. The van der Waals surface area contributed by atoms with E-state index >= 15 is 0 Å². The lowest BCUT2D eigenvalue weighted by molar-refractivity contribution is -0.132. The summed E-state index contributed by atoms with van der Waals surface area (Å²) < 4.78 is 0. The Morgan fingerprint density at radius 1 is 0.348 bits per heavy atom. The van der Waals surface area contributed by atoms with Gasteiger partial charge in [-0.1, -0.05) is 288 Å². The van der Waals surface area contributed by atoms with Crippen LogP contribution in [0.5, 0.6) is 0 Å². The van der Waals surface area contributed by atoms with E-state index in [1.807, 2.05) is 0 Å². The molecular weight excluding hydrogens is 851 g/mol. The average molecular weight is 973 g/mol. The number of amides is 1. The molecule has 0 rings (SSSR count). The van der Waals surface area contributed by atoms with Crippen molar-refractivity contribution in [2.45, 2.75) is 353 Å². The number of unbranched alkanes of at least 4 members (excludes halogenated alkanes) is 42. The van der Waals surface area contributed by atoms with Crippen LogP contribution in [0.25, 0.3) is 0 Å². The number of aliphatic hydroxyl groups excluding tert-OH is 4. The van der Waals surface area contributed by atoms with Crippen molar-refractivity contribution in [3.63, 3.8) is 0 Å². The summed E-state index contributed by atoms with van der Waals surface area (Å²) in [4.78, 5) is 12.6. The van der Waals surface area contributed by atoms with Crippen LogP contribution in [-0.4, -0.2) is 57.3 Å². The van der Waals surface area contributed by atoms with Crippen molar-refractivity contribution in [1.29, 1.82) is 0 Å². The molecule has 0 aliphatic heterocycles. The van der Waals surface area contributed by atoms with Gasteiger partial charge in [-0.3, -0.25) is 4.79 Å². The second-order valence-electron chi connectivity index (χ2n) is 21.4. The maximum atomic E-state index is 12.6. The van der Waals surface area contributed by atoms with Gasteiger partial charge in [0.2, 0.25) is 5.91 Å². The molecule has 0 aromatic rings. The van der Waals surface area contributed by atoms with Crippen LogP contribution in [0.2, 0.25) is 0 Å². The molecule has 0 saturated heterocycles. The number of carbonyl (C=O) groups excluding carboxylic acids is 1. The van der Waals surface area contributed by atoms with Crippen molar-refractivity contribution in [2.24, 2.45) is 0 Å². The molecule has 6 heteroatoms. The molecule has 4 atom stereocenters. The standard InChI is InChI=1S/C63H121NO5/c1-3-5-7-9-11-13-15-17-19-21-23-25-27-28-29-30-31-32-33-34-35-37-38-40-42-44-46-48-50-52-54-56-60(66)62(68)59(58-65)64-63(69)61(67)57-55-53-51-49-47-45-43-41-39-36-26-24-22-20-18-16-14-12-10-8-6-4-2/h39-42,48,50,59-62,65-68H,3-38,43-47,49,51-58H2,1-2H3,(H,64,69)/b41-39-,42-40+,50-48+. The fraction of sp³-hybridized carbons (Fsp3) is 0.889. The molecular formula is C63H121NO5. The van der Waals surface area contributed by atoms with Gasteiger partial charge in [0, 0.05) is 0 Å². The third kappa shape index (κ3) is 51.2. The smallest absolute Gasteiger partial charge is 0.249 e. The third-order valence-electron chi connectivity index (χ3n) is 14.6. The molecule has 0 aromatic carbocycles. The zero-order valence-electron chi connectivity index (χ0n) is 46.3. The van der Waals surface area contributed by atoms with Crippen molar-refractivity contribution >= 4 is 5.91 Å². The van der Waals surface area contributed by atoms with E-state index < -0.39 is 36.9 Å². The number of hydrogen-bond donors (Lipinski definition) is 5. The molecule has 0 aliphatic carbocycles. The van der Waals surface area contributed by atoms with Crippen LogP contribution in [0.15, 0.2) is 36.5 Å². The maximum absolute atomic E-state index is 12.6. The number of allylic oxidation sites excluding steroid dienone is 6. The lowest BCUT2D eigenvalue weighted by Crippen LogP contribution is -2.53. The van der Waals surface area contributed by atoms with Crippen LogP contribution < -0.4 is 5.32 Å². The quantitative estimate of drug-likeness (QED) is 0.0308. The Balaban J connectivity index is 3.65. The average Bonchev–Trinajstić information content (AvgIpc) is 3.35. The molecule has 0 bridgehead atoms. The molecule has 1 amide bonds. The SMILES string of the molecule is CCCCCCCCCCCCCC/C=C\CCCCCCCCC(O)C(=O)NC(CO)C(O)C(O)CCC/C=C/CC/C=C/CCCCCCCCCCCCCCCCCCCCCCCC. The van der Waals surface area contributed by atoms with E-state index in [1.165, 1.54) is 250 Å². The van der Waals surface area contributed by atoms with Gasteiger partial charge in [0.15, 0.2) is 0 Å². The van der Waals surface area contributed by atoms with Gasteiger partial charge in [0.25, 0.3) is 0 Å². The maximum Gasteiger partial charge on any atom is 0.249 e. The molecule has 0 aliphatic rings. The lowest BCUT2D eigenvalue weighted by Gasteiger charge is -2.27. The van der Waals surface area contributed by atoms with E-state index in [0.29, 0.717) is 19.3 Å². The molecule has 0 fully saturated rings. The summed E-state index contributed by atoms with van der Waals surface area (Å²) in [5.74, 6) is -0.599. The first-order valence-corrected chi connectivity index (χ1v) is 30.9. The van der Waals surface area contributed by atoms with Crippen molar-refractivity contribution < 1.29 is 25.2 Å². The molecule has 0 aromatic heterocycles. The summed E-state index contributed by atoms with van der Waals surface area (Å²) in [5.41, 5.74) is 0. The summed E-state index contributed by atoms with van der Waals surface area (Å²) in [7, 11) is 0. The predicted molar refractivity (Wildman–Crippen MR) is 302 cm³/mol. The molecule has 5 N–H and O–H groups in total. The Morgan fingerprint density at radius 3 is 0.913 bits per heavy atom. The van der Waals surface area contributed by atoms with Crippen molar-refractivity contribution in [3.05, 3.63) is 36.5 Å². The van der Waals surface area contributed by atoms with E-state index in [-0.39, 0.29) is 0 Å². The van der Waals surface area contributed by atoms with Gasteiger partial charge in [-0.05, 0) is 77.0 Å². The van der Waals surface area contributed by atoms with Crippen LogP contribution in [-0.2, 0) is 4.79 Å². The minimum Gasteiger partial charge on any atom is -0.394 e.